The summed E-state index contributed by atoms with van der Waals surface area (Å²) in [6.07, 6.45) is 5.43. The molecular formula is C10H17BO2. The summed E-state index contributed by atoms with van der Waals surface area (Å²) in [6, 6.07) is 0. The second-order valence-electron chi connectivity index (χ2n) is 4.95. The smallest absolute Gasteiger partial charge is 0.403 e. The Hall–Kier alpha value is -0.275. The monoisotopic (exact) mass is 180 g/mol. The molecule has 0 spiro atoms. The molecule has 0 saturated carbocycles. The molecule has 2 rings (SSSR count). The van der Waals surface area contributed by atoms with Crippen LogP contribution in [0, 0.1) is 0 Å². The summed E-state index contributed by atoms with van der Waals surface area (Å²) < 4.78 is 11.8. The van der Waals surface area contributed by atoms with Crippen LogP contribution in [0.4, 0.5) is 0 Å². The maximum Gasteiger partial charge on any atom is 0.465 e. The van der Waals surface area contributed by atoms with E-state index in [1.165, 1.54) is 0 Å². The van der Waals surface area contributed by atoms with Gasteiger partial charge in [-0.15, -0.1) is 0 Å². The largest absolute Gasteiger partial charge is 0.465 e. The minimum atomic E-state index is -0.179. The molecule has 1 saturated heterocycles. The van der Waals surface area contributed by atoms with E-state index in [9.17, 15) is 0 Å². The molecule has 0 aromatic heterocycles. The van der Waals surface area contributed by atoms with Gasteiger partial charge in [0.05, 0.1) is 11.2 Å². The zero-order valence-corrected chi connectivity index (χ0v) is 8.83. The van der Waals surface area contributed by atoms with Crippen LogP contribution in [-0.4, -0.2) is 18.3 Å². The molecule has 0 radical (unpaired) electrons. The van der Waals surface area contributed by atoms with Crippen molar-refractivity contribution in [2.45, 2.75) is 51.1 Å². The van der Waals surface area contributed by atoms with Crippen molar-refractivity contribution < 1.29 is 9.31 Å². The van der Waals surface area contributed by atoms with E-state index in [1.54, 1.807) is 0 Å². The first-order chi connectivity index (χ1) is 5.92. The molecule has 1 unspecified atom stereocenters. The number of rotatable bonds is 1. The van der Waals surface area contributed by atoms with Crippen LogP contribution in [0.3, 0.4) is 0 Å². The maximum atomic E-state index is 5.89. The standard InChI is InChI=1S/C10H17BO2/c1-9(2)10(3,4)13-11(12-9)8-6-5-7-8/h5-6,8H,7H2,1-4H3. The van der Waals surface area contributed by atoms with Crippen molar-refractivity contribution in [1.82, 2.24) is 0 Å². The topological polar surface area (TPSA) is 18.5 Å². The summed E-state index contributed by atoms with van der Waals surface area (Å²) in [5.41, 5.74) is -0.359. The molecule has 1 aliphatic carbocycles. The van der Waals surface area contributed by atoms with Gasteiger partial charge in [-0.1, -0.05) is 12.2 Å². The lowest BCUT2D eigenvalue weighted by Gasteiger charge is -2.32. The average Bonchev–Trinajstić information content (AvgIpc) is 1.96. The number of hydrogen-bond acceptors (Lipinski definition) is 2. The van der Waals surface area contributed by atoms with Gasteiger partial charge in [-0.25, -0.2) is 0 Å². The van der Waals surface area contributed by atoms with Gasteiger partial charge in [-0.05, 0) is 34.1 Å². The fourth-order valence-electron chi connectivity index (χ4n) is 1.56. The average molecular weight is 180 g/mol. The molecule has 1 atom stereocenters. The second kappa shape index (κ2) is 2.61. The van der Waals surface area contributed by atoms with Gasteiger partial charge in [0.25, 0.3) is 0 Å². The van der Waals surface area contributed by atoms with Crippen molar-refractivity contribution in [1.29, 1.82) is 0 Å². The Morgan fingerprint density at radius 3 is 1.92 bits per heavy atom. The first-order valence-corrected chi connectivity index (χ1v) is 4.95. The van der Waals surface area contributed by atoms with E-state index in [0.29, 0.717) is 5.82 Å². The summed E-state index contributed by atoms with van der Waals surface area (Å²) in [5, 5.41) is 0. The normalized spacial score (nSPS) is 34.8. The van der Waals surface area contributed by atoms with Gasteiger partial charge in [0.15, 0.2) is 0 Å². The maximum absolute atomic E-state index is 5.89. The predicted octanol–water partition coefficient (Wildman–Crippen LogP) is 2.41. The Morgan fingerprint density at radius 1 is 1.15 bits per heavy atom. The van der Waals surface area contributed by atoms with E-state index in [1.807, 2.05) is 0 Å². The predicted molar refractivity (Wildman–Crippen MR) is 53.6 cm³/mol. The number of allylic oxidation sites excluding steroid dienone is 2. The molecule has 2 aliphatic rings. The van der Waals surface area contributed by atoms with E-state index in [-0.39, 0.29) is 18.3 Å². The molecule has 72 valence electrons. The van der Waals surface area contributed by atoms with Crippen molar-refractivity contribution in [2.75, 3.05) is 0 Å². The quantitative estimate of drug-likeness (QED) is 0.455. The first-order valence-electron chi connectivity index (χ1n) is 4.95. The highest BCUT2D eigenvalue weighted by Crippen LogP contribution is 2.42. The molecule has 2 nitrogen and oxygen atoms in total. The zero-order chi connectivity index (χ0) is 9.69. The van der Waals surface area contributed by atoms with Crippen LogP contribution in [0.1, 0.15) is 34.1 Å². The molecule has 0 bridgehead atoms. The molecule has 1 aliphatic heterocycles. The van der Waals surface area contributed by atoms with E-state index in [4.69, 9.17) is 9.31 Å². The fraction of sp³-hybridized carbons (Fsp3) is 0.800. The van der Waals surface area contributed by atoms with Crippen LogP contribution in [0.2, 0.25) is 5.82 Å². The van der Waals surface area contributed by atoms with Gasteiger partial charge in [-0.3, -0.25) is 0 Å². The molecule has 13 heavy (non-hydrogen) atoms. The van der Waals surface area contributed by atoms with Crippen molar-refractivity contribution in [3.63, 3.8) is 0 Å². The molecule has 0 aromatic carbocycles. The van der Waals surface area contributed by atoms with Gasteiger partial charge >= 0.3 is 7.12 Å². The van der Waals surface area contributed by atoms with Crippen LogP contribution in [-0.2, 0) is 9.31 Å². The van der Waals surface area contributed by atoms with Gasteiger partial charge in [0.1, 0.15) is 0 Å². The molecular weight excluding hydrogens is 163 g/mol. The molecule has 0 N–H and O–H groups in total. The van der Waals surface area contributed by atoms with Gasteiger partial charge in [0.2, 0.25) is 0 Å². The number of hydrogen-bond donors (Lipinski definition) is 0. The third-order valence-corrected chi connectivity index (χ3v) is 3.41. The Balaban J connectivity index is 2.10. The first kappa shape index (κ1) is 9.29. The molecule has 3 heteroatoms. The third kappa shape index (κ3) is 1.34. The lowest BCUT2D eigenvalue weighted by Crippen LogP contribution is -2.41. The summed E-state index contributed by atoms with van der Waals surface area (Å²) in [6.45, 7) is 8.37. The lowest BCUT2D eigenvalue weighted by molar-refractivity contribution is 0.00578. The van der Waals surface area contributed by atoms with Crippen LogP contribution in [0.25, 0.3) is 0 Å². The second-order valence-corrected chi connectivity index (χ2v) is 4.95. The highest BCUT2D eigenvalue weighted by Gasteiger charge is 2.53. The van der Waals surface area contributed by atoms with Crippen LogP contribution in [0.5, 0.6) is 0 Å². The van der Waals surface area contributed by atoms with E-state index in [2.05, 4.69) is 39.8 Å². The Kier molecular flexibility index (Phi) is 1.87. The summed E-state index contributed by atoms with van der Waals surface area (Å²) in [5.74, 6) is 0.473. The minimum Gasteiger partial charge on any atom is -0.403 e. The fourth-order valence-corrected chi connectivity index (χ4v) is 1.56. The van der Waals surface area contributed by atoms with Crippen molar-refractivity contribution >= 4 is 7.12 Å². The van der Waals surface area contributed by atoms with Crippen molar-refractivity contribution in [3.05, 3.63) is 12.2 Å². The van der Waals surface area contributed by atoms with Crippen LogP contribution < -0.4 is 0 Å². The van der Waals surface area contributed by atoms with Crippen molar-refractivity contribution in [3.8, 4) is 0 Å². The molecule has 1 fully saturated rings. The molecule has 0 aromatic rings. The Morgan fingerprint density at radius 2 is 1.62 bits per heavy atom. The SMILES string of the molecule is CC1(C)OB(C2C=CC2)OC1(C)C. The zero-order valence-electron chi connectivity index (χ0n) is 8.83. The highest BCUT2D eigenvalue weighted by atomic mass is 16.7. The third-order valence-electron chi connectivity index (χ3n) is 3.41. The van der Waals surface area contributed by atoms with Gasteiger partial charge in [-0.2, -0.15) is 0 Å². The highest BCUT2D eigenvalue weighted by molar-refractivity contribution is 6.48. The van der Waals surface area contributed by atoms with E-state index < -0.39 is 0 Å². The Bertz CT molecular complexity index is 229. The molecule has 0 amide bonds. The minimum absolute atomic E-state index is 0.0324. The van der Waals surface area contributed by atoms with Crippen LogP contribution >= 0.6 is 0 Å². The molecule has 1 heterocycles. The van der Waals surface area contributed by atoms with E-state index in [0.717, 1.165) is 6.42 Å². The summed E-state index contributed by atoms with van der Waals surface area (Å²) in [4.78, 5) is 0. The van der Waals surface area contributed by atoms with Gasteiger partial charge in [0, 0.05) is 5.82 Å². The van der Waals surface area contributed by atoms with E-state index >= 15 is 0 Å². The van der Waals surface area contributed by atoms with Crippen molar-refractivity contribution in [2.24, 2.45) is 0 Å². The summed E-state index contributed by atoms with van der Waals surface area (Å²) >= 11 is 0. The van der Waals surface area contributed by atoms with Crippen LogP contribution in [0.15, 0.2) is 12.2 Å². The lowest BCUT2D eigenvalue weighted by atomic mass is 9.65. The van der Waals surface area contributed by atoms with Gasteiger partial charge < -0.3 is 9.31 Å². The Labute approximate surface area is 80.4 Å². The summed E-state index contributed by atoms with van der Waals surface area (Å²) in [7, 11) is -0.0324.